The molecule has 2 atom stereocenters. The molecule has 1 saturated heterocycles. The molecule has 0 aromatic heterocycles. The molecule has 114 valence electrons. The van der Waals surface area contributed by atoms with E-state index in [1.54, 1.807) is 20.8 Å². The van der Waals surface area contributed by atoms with Crippen LogP contribution in [0.5, 0.6) is 0 Å². The van der Waals surface area contributed by atoms with E-state index >= 15 is 0 Å². The van der Waals surface area contributed by atoms with Gasteiger partial charge in [0.2, 0.25) is 5.91 Å². The van der Waals surface area contributed by atoms with Gasteiger partial charge in [-0.3, -0.25) is 4.79 Å². The van der Waals surface area contributed by atoms with Crippen molar-refractivity contribution in [1.29, 1.82) is 0 Å². The zero-order valence-corrected chi connectivity index (χ0v) is 12.3. The van der Waals surface area contributed by atoms with Crippen molar-refractivity contribution in [3.8, 4) is 0 Å². The lowest BCUT2D eigenvalue weighted by atomic mass is 9.98. The largest absolute Gasteiger partial charge is 0.467 e. The standard InChI is InChI=1S/C13H22N2O5/c1-13(2,3)20-12(18)15-9(11(17)19-4)7-8-5-6-14-10(8)16/h8-9H,5-7H2,1-4H3,(H,14,16)(H,15,18)/t8-,9+/m0/s1. The first-order valence-corrected chi connectivity index (χ1v) is 6.58. The summed E-state index contributed by atoms with van der Waals surface area (Å²) in [4.78, 5) is 34.9. The van der Waals surface area contributed by atoms with Crippen LogP contribution in [0.2, 0.25) is 0 Å². The molecule has 2 amide bonds. The SMILES string of the molecule is COC(=O)[C@@H](C[C@@H]1CCNC1=O)NC(=O)OC(C)(C)C. The number of rotatable bonds is 4. The van der Waals surface area contributed by atoms with Gasteiger partial charge in [0.25, 0.3) is 0 Å². The number of hydrogen-bond acceptors (Lipinski definition) is 5. The third-order valence-electron chi connectivity index (χ3n) is 2.86. The number of carbonyl (C=O) groups excluding carboxylic acids is 3. The van der Waals surface area contributed by atoms with Gasteiger partial charge < -0.3 is 20.1 Å². The monoisotopic (exact) mass is 286 g/mol. The molecular formula is C13H22N2O5. The summed E-state index contributed by atoms with van der Waals surface area (Å²) in [5.41, 5.74) is -0.657. The number of esters is 1. The van der Waals surface area contributed by atoms with Crippen LogP contribution < -0.4 is 10.6 Å². The van der Waals surface area contributed by atoms with Crippen molar-refractivity contribution in [1.82, 2.24) is 10.6 Å². The Labute approximate surface area is 118 Å². The van der Waals surface area contributed by atoms with Gasteiger partial charge in [0.1, 0.15) is 11.6 Å². The van der Waals surface area contributed by atoms with Gasteiger partial charge in [-0.15, -0.1) is 0 Å². The molecule has 0 unspecified atom stereocenters. The minimum atomic E-state index is -0.885. The highest BCUT2D eigenvalue weighted by molar-refractivity contribution is 5.84. The van der Waals surface area contributed by atoms with Gasteiger partial charge in [-0.2, -0.15) is 0 Å². The quantitative estimate of drug-likeness (QED) is 0.737. The Morgan fingerprint density at radius 2 is 2.10 bits per heavy atom. The second kappa shape index (κ2) is 6.58. The van der Waals surface area contributed by atoms with Crippen molar-refractivity contribution < 1.29 is 23.9 Å². The molecule has 2 N–H and O–H groups in total. The number of nitrogens with one attached hydrogen (secondary N) is 2. The maximum atomic E-state index is 11.7. The number of hydrogen-bond donors (Lipinski definition) is 2. The number of alkyl carbamates (subject to hydrolysis) is 1. The number of methoxy groups -OCH3 is 1. The van der Waals surface area contributed by atoms with Gasteiger partial charge in [0.15, 0.2) is 0 Å². The van der Waals surface area contributed by atoms with Crippen LogP contribution in [0, 0.1) is 5.92 Å². The smallest absolute Gasteiger partial charge is 0.408 e. The third kappa shape index (κ3) is 5.07. The van der Waals surface area contributed by atoms with Gasteiger partial charge in [-0.25, -0.2) is 9.59 Å². The Bertz CT molecular complexity index is 389. The fourth-order valence-electron chi connectivity index (χ4n) is 1.96. The Hall–Kier alpha value is -1.79. The van der Waals surface area contributed by atoms with Crippen LogP contribution in [-0.4, -0.2) is 43.3 Å². The highest BCUT2D eigenvalue weighted by Crippen LogP contribution is 2.17. The van der Waals surface area contributed by atoms with Gasteiger partial charge >= 0.3 is 12.1 Å². The Morgan fingerprint density at radius 3 is 2.55 bits per heavy atom. The van der Waals surface area contributed by atoms with Crippen LogP contribution in [-0.2, 0) is 19.1 Å². The zero-order valence-electron chi connectivity index (χ0n) is 12.3. The van der Waals surface area contributed by atoms with Crippen molar-refractivity contribution >= 4 is 18.0 Å². The van der Waals surface area contributed by atoms with E-state index in [1.807, 2.05) is 0 Å². The third-order valence-corrected chi connectivity index (χ3v) is 2.86. The van der Waals surface area contributed by atoms with Crippen molar-refractivity contribution in [2.24, 2.45) is 5.92 Å². The predicted octanol–water partition coefficient (Wildman–Crippen LogP) is 0.579. The summed E-state index contributed by atoms with van der Waals surface area (Å²) >= 11 is 0. The lowest BCUT2D eigenvalue weighted by Crippen LogP contribution is -2.45. The maximum absolute atomic E-state index is 11.7. The molecule has 0 aromatic rings. The maximum Gasteiger partial charge on any atom is 0.408 e. The molecule has 0 spiro atoms. The van der Waals surface area contributed by atoms with E-state index in [2.05, 4.69) is 15.4 Å². The predicted molar refractivity (Wildman–Crippen MR) is 70.9 cm³/mol. The first-order valence-electron chi connectivity index (χ1n) is 6.58. The minimum absolute atomic E-state index is 0.107. The van der Waals surface area contributed by atoms with Crippen LogP contribution in [0.25, 0.3) is 0 Å². The second-order valence-corrected chi connectivity index (χ2v) is 5.73. The molecule has 7 heteroatoms. The summed E-state index contributed by atoms with van der Waals surface area (Å²) in [6.45, 7) is 5.77. The molecule has 7 nitrogen and oxygen atoms in total. The van der Waals surface area contributed by atoms with Crippen molar-refractivity contribution in [2.45, 2.75) is 45.3 Å². The van der Waals surface area contributed by atoms with Crippen LogP contribution in [0.4, 0.5) is 4.79 Å². The molecule has 1 heterocycles. The van der Waals surface area contributed by atoms with E-state index in [0.29, 0.717) is 13.0 Å². The molecule has 0 aliphatic carbocycles. The van der Waals surface area contributed by atoms with E-state index in [1.165, 1.54) is 7.11 Å². The van der Waals surface area contributed by atoms with Crippen LogP contribution in [0.1, 0.15) is 33.6 Å². The van der Waals surface area contributed by atoms with Crippen LogP contribution >= 0.6 is 0 Å². The van der Waals surface area contributed by atoms with E-state index < -0.39 is 23.7 Å². The topological polar surface area (TPSA) is 93.7 Å². The molecule has 1 fully saturated rings. The van der Waals surface area contributed by atoms with Crippen molar-refractivity contribution in [3.05, 3.63) is 0 Å². The fourth-order valence-corrected chi connectivity index (χ4v) is 1.96. The van der Waals surface area contributed by atoms with Crippen molar-refractivity contribution in [3.63, 3.8) is 0 Å². The number of ether oxygens (including phenoxy) is 2. The van der Waals surface area contributed by atoms with Crippen LogP contribution in [0.3, 0.4) is 0 Å². The molecule has 0 saturated carbocycles. The Kier molecular flexibility index (Phi) is 5.35. The molecule has 20 heavy (non-hydrogen) atoms. The summed E-state index contributed by atoms with van der Waals surface area (Å²) in [6.07, 6.45) is 0.145. The van der Waals surface area contributed by atoms with Gasteiger partial charge in [0.05, 0.1) is 7.11 Å². The molecule has 1 aliphatic heterocycles. The van der Waals surface area contributed by atoms with E-state index in [4.69, 9.17) is 4.74 Å². The van der Waals surface area contributed by atoms with E-state index in [-0.39, 0.29) is 18.2 Å². The molecule has 0 aromatic carbocycles. The molecule has 1 rings (SSSR count). The average molecular weight is 286 g/mol. The first kappa shape index (κ1) is 16.3. The minimum Gasteiger partial charge on any atom is -0.467 e. The normalized spacial score (nSPS) is 20.0. The second-order valence-electron chi connectivity index (χ2n) is 5.73. The Balaban J connectivity index is 2.62. The molecule has 1 aliphatic rings. The number of carbonyl (C=O) groups is 3. The summed E-state index contributed by atoms with van der Waals surface area (Å²) in [5.74, 6) is -0.991. The molecule has 0 radical (unpaired) electrons. The van der Waals surface area contributed by atoms with E-state index in [9.17, 15) is 14.4 Å². The van der Waals surface area contributed by atoms with E-state index in [0.717, 1.165) is 0 Å². The molecule has 0 bridgehead atoms. The zero-order chi connectivity index (χ0) is 15.3. The van der Waals surface area contributed by atoms with Gasteiger partial charge in [-0.1, -0.05) is 0 Å². The highest BCUT2D eigenvalue weighted by Gasteiger charge is 2.32. The summed E-state index contributed by atoms with van der Waals surface area (Å²) in [7, 11) is 1.24. The average Bonchev–Trinajstić information content (AvgIpc) is 2.70. The van der Waals surface area contributed by atoms with Gasteiger partial charge in [-0.05, 0) is 33.6 Å². The Morgan fingerprint density at radius 1 is 1.45 bits per heavy atom. The summed E-state index contributed by atoms with van der Waals surface area (Å²) in [5, 5.41) is 5.14. The van der Waals surface area contributed by atoms with Crippen molar-refractivity contribution in [2.75, 3.05) is 13.7 Å². The summed E-state index contributed by atoms with van der Waals surface area (Å²) in [6, 6.07) is -0.885. The molecular weight excluding hydrogens is 264 g/mol. The fraction of sp³-hybridized carbons (Fsp3) is 0.769. The lowest BCUT2D eigenvalue weighted by Gasteiger charge is -2.23. The van der Waals surface area contributed by atoms with Crippen LogP contribution in [0.15, 0.2) is 0 Å². The number of amides is 2. The lowest BCUT2D eigenvalue weighted by molar-refractivity contribution is -0.143. The van der Waals surface area contributed by atoms with Gasteiger partial charge in [0, 0.05) is 12.5 Å². The first-order chi connectivity index (χ1) is 9.23. The highest BCUT2D eigenvalue weighted by atomic mass is 16.6. The summed E-state index contributed by atoms with van der Waals surface area (Å²) < 4.78 is 9.74.